The summed E-state index contributed by atoms with van der Waals surface area (Å²) in [5.74, 6) is 0.199. The number of halogens is 2. The molecule has 0 aromatic heterocycles. The first-order valence-electron chi connectivity index (χ1n) is 6.69. The summed E-state index contributed by atoms with van der Waals surface area (Å²) in [4.78, 5) is 16.0. The zero-order valence-electron chi connectivity index (χ0n) is 12.5. The van der Waals surface area contributed by atoms with Crippen LogP contribution in [0.15, 0.2) is 24.3 Å². The molecule has 8 heteroatoms. The number of carbonyl (C=O) groups excluding carboxylic acids is 1. The Hall–Kier alpha value is -1.21. The van der Waals surface area contributed by atoms with Crippen LogP contribution in [-0.2, 0) is 9.53 Å². The topological polar surface area (TPSA) is 79.0 Å². The Bertz CT molecular complexity index is 451. The molecule has 3 N–H and O–H groups in total. The molecule has 126 valence electrons. The Balaban J connectivity index is 0.00000220. The number of methoxy groups -OCH3 is 1. The Labute approximate surface area is 143 Å². The molecular weight excluding hydrogens is 329 g/mol. The highest BCUT2D eigenvalue weighted by Crippen LogP contribution is 2.19. The van der Waals surface area contributed by atoms with Gasteiger partial charge in [-0.05, 0) is 24.3 Å². The number of hydrogen-bond donors (Lipinski definition) is 2. The Kier molecular flexibility index (Phi) is 9.20. The van der Waals surface area contributed by atoms with Gasteiger partial charge in [-0.3, -0.25) is 4.79 Å². The number of nitrogens with zero attached hydrogens (tertiary/aromatic N) is 2. The Morgan fingerprint density at radius 1 is 1.23 bits per heavy atom. The van der Waals surface area contributed by atoms with E-state index in [2.05, 4.69) is 4.90 Å². The van der Waals surface area contributed by atoms with E-state index in [9.17, 15) is 9.90 Å². The fraction of sp³-hybridized carbons (Fsp3) is 0.500. The van der Waals surface area contributed by atoms with Gasteiger partial charge in [0.05, 0.1) is 6.61 Å². The zero-order chi connectivity index (χ0) is 14.5. The number of ether oxygens (including phenoxy) is 1. The summed E-state index contributed by atoms with van der Waals surface area (Å²) >= 11 is 0. The predicted octanol–water partition coefficient (Wildman–Crippen LogP) is 0.858. The number of hydrogen-bond acceptors (Lipinski definition) is 5. The lowest BCUT2D eigenvalue weighted by atomic mass is 10.2. The summed E-state index contributed by atoms with van der Waals surface area (Å²) < 4.78 is 4.91. The first kappa shape index (κ1) is 20.8. The van der Waals surface area contributed by atoms with Gasteiger partial charge in [-0.25, -0.2) is 0 Å². The maximum Gasteiger partial charge on any atom is 0.241 e. The van der Waals surface area contributed by atoms with E-state index in [-0.39, 0.29) is 43.1 Å². The molecule has 1 heterocycles. The van der Waals surface area contributed by atoms with E-state index in [4.69, 9.17) is 10.5 Å². The van der Waals surface area contributed by atoms with Crippen LogP contribution in [0, 0.1) is 0 Å². The highest BCUT2D eigenvalue weighted by atomic mass is 35.5. The number of piperazine rings is 1. The molecule has 1 amide bonds. The molecule has 22 heavy (non-hydrogen) atoms. The minimum Gasteiger partial charge on any atom is -0.508 e. The summed E-state index contributed by atoms with van der Waals surface area (Å²) in [6, 6.07) is 6.51. The number of amides is 1. The summed E-state index contributed by atoms with van der Waals surface area (Å²) in [5, 5.41) is 9.28. The number of aromatic hydroxyl groups is 1. The van der Waals surface area contributed by atoms with Crippen LogP contribution in [0.4, 0.5) is 5.69 Å². The Morgan fingerprint density at radius 2 is 1.77 bits per heavy atom. The molecule has 1 aromatic carbocycles. The van der Waals surface area contributed by atoms with Crippen LogP contribution in [0.5, 0.6) is 5.75 Å². The van der Waals surface area contributed by atoms with Crippen molar-refractivity contribution in [2.24, 2.45) is 5.73 Å². The van der Waals surface area contributed by atoms with Crippen molar-refractivity contribution >= 4 is 36.4 Å². The van der Waals surface area contributed by atoms with E-state index < -0.39 is 6.04 Å². The monoisotopic (exact) mass is 351 g/mol. The summed E-state index contributed by atoms with van der Waals surface area (Å²) in [7, 11) is 1.54. The van der Waals surface area contributed by atoms with Crippen LogP contribution < -0.4 is 10.6 Å². The highest BCUT2D eigenvalue weighted by Gasteiger charge is 2.25. The van der Waals surface area contributed by atoms with Gasteiger partial charge in [-0.1, -0.05) is 0 Å². The smallest absolute Gasteiger partial charge is 0.241 e. The van der Waals surface area contributed by atoms with E-state index in [1.54, 1.807) is 17.0 Å². The van der Waals surface area contributed by atoms with Crippen molar-refractivity contribution in [3.8, 4) is 5.75 Å². The summed E-state index contributed by atoms with van der Waals surface area (Å²) in [6.45, 7) is 3.07. The van der Waals surface area contributed by atoms with Crippen LogP contribution in [0.2, 0.25) is 0 Å². The van der Waals surface area contributed by atoms with Crippen molar-refractivity contribution < 1.29 is 14.6 Å². The summed E-state index contributed by atoms with van der Waals surface area (Å²) in [5.41, 5.74) is 6.82. The summed E-state index contributed by atoms with van der Waals surface area (Å²) in [6.07, 6.45) is 0. The van der Waals surface area contributed by atoms with E-state index in [0.717, 1.165) is 18.8 Å². The maximum absolute atomic E-state index is 12.0. The van der Waals surface area contributed by atoms with Gasteiger partial charge >= 0.3 is 0 Å². The van der Waals surface area contributed by atoms with Gasteiger partial charge in [0, 0.05) is 39.0 Å². The first-order valence-corrected chi connectivity index (χ1v) is 6.69. The first-order chi connectivity index (χ1) is 9.61. The number of benzene rings is 1. The molecule has 0 spiro atoms. The molecule has 1 saturated heterocycles. The second-order valence-electron chi connectivity index (χ2n) is 4.89. The molecule has 1 atom stereocenters. The van der Waals surface area contributed by atoms with Gasteiger partial charge in [0.1, 0.15) is 11.8 Å². The number of phenolic OH excluding ortho intramolecular Hbond substituents is 1. The largest absolute Gasteiger partial charge is 0.508 e. The molecule has 1 aromatic rings. The molecule has 2 rings (SSSR count). The molecule has 0 radical (unpaired) electrons. The molecule has 1 fully saturated rings. The minimum absolute atomic E-state index is 0. The van der Waals surface area contributed by atoms with Gasteiger partial charge in [-0.2, -0.15) is 0 Å². The third kappa shape index (κ3) is 5.21. The molecular formula is C14H23Cl2N3O3. The van der Waals surface area contributed by atoms with Crippen molar-refractivity contribution in [1.82, 2.24) is 4.90 Å². The average Bonchev–Trinajstić information content (AvgIpc) is 2.48. The number of phenols is 1. The third-order valence-electron chi connectivity index (χ3n) is 3.47. The number of nitrogens with two attached hydrogens (primary N) is 1. The van der Waals surface area contributed by atoms with E-state index in [1.165, 1.54) is 7.11 Å². The van der Waals surface area contributed by atoms with Crippen molar-refractivity contribution in [2.75, 3.05) is 44.8 Å². The van der Waals surface area contributed by atoms with E-state index in [1.807, 2.05) is 12.1 Å². The predicted molar refractivity (Wildman–Crippen MR) is 91.2 cm³/mol. The second-order valence-corrected chi connectivity index (χ2v) is 4.89. The molecule has 1 aliphatic rings. The minimum atomic E-state index is -0.583. The zero-order valence-corrected chi connectivity index (χ0v) is 14.1. The fourth-order valence-corrected chi connectivity index (χ4v) is 2.33. The van der Waals surface area contributed by atoms with Crippen LogP contribution in [-0.4, -0.2) is 61.9 Å². The lowest BCUT2D eigenvalue weighted by Crippen LogP contribution is -2.54. The highest BCUT2D eigenvalue weighted by molar-refractivity contribution is 5.85. The van der Waals surface area contributed by atoms with E-state index >= 15 is 0 Å². The van der Waals surface area contributed by atoms with Gasteiger partial charge in [-0.15, -0.1) is 24.8 Å². The van der Waals surface area contributed by atoms with Gasteiger partial charge in [0.2, 0.25) is 5.91 Å². The van der Waals surface area contributed by atoms with E-state index in [0.29, 0.717) is 13.1 Å². The van der Waals surface area contributed by atoms with Crippen LogP contribution in [0.25, 0.3) is 0 Å². The molecule has 0 saturated carbocycles. The third-order valence-corrected chi connectivity index (χ3v) is 3.47. The van der Waals surface area contributed by atoms with Crippen molar-refractivity contribution in [3.05, 3.63) is 24.3 Å². The average molecular weight is 352 g/mol. The quantitative estimate of drug-likeness (QED) is 0.840. The van der Waals surface area contributed by atoms with Crippen LogP contribution in [0.3, 0.4) is 0 Å². The van der Waals surface area contributed by atoms with Gasteiger partial charge in [0.15, 0.2) is 0 Å². The molecule has 1 aliphatic heterocycles. The van der Waals surface area contributed by atoms with Gasteiger partial charge < -0.3 is 25.4 Å². The van der Waals surface area contributed by atoms with Crippen LogP contribution >= 0.6 is 24.8 Å². The fourth-order valence-electron chi connectivity index (χ4n) is 2.33. The maximum atomic E-state index is 12.0. The van der Waals surface area contributed by atoms with Crippen molar-refractivity contribution in [2.45, 2.75) is 6.04 Å². The molecule has 0 bridgehead atoms. The lowest BCUT2D eigenvalue weighted by Gasteiger charge is -2.37. The van der Waals surface area contributed by atoms with Gasteiger partial charge in [0.25, 0.3) is 0 Å². The van der Waals surface area contributed by atoms with Crippen molar-refractivity contribution in [1.29, 1.82) is 0 Å². The van der Waals surface area contributed by atoms with Crippen LogP contribution in [0.1, 0.15) is 0 Å². The second kappa shape index (κ2) is 9.74. The molecule has 1 unspecified atom stereocenters. The normalized spacial score (nSPS) is 15.5. The molecule has 6 nitrogen and oxygen atoms in total. The van der Waals surface area contributed by atoms with Crippen molar-refractivity contribution in [3.63, 3.8) is 0 Å². The number of anilines is 1. The SMILES string of the molecule is COCC(N)C(=O)N1CCN(c2ccc(O)cc2)CC1.Cl.Cl. The number of rotatable bonds is 4. The number of carbonyl (C=O) groups is 1. The Morgan fingerprint density at radius 3 is 2.27 bits per heavy atom. The molecule has 0 aliphatic carbocycles. The standard InChI is InChI=1S/C14H21N3O3.2ClH/c1-20-10-13(15)14(19)17-8-6-16(7-9-17)11-2-4-12(18)5-3-11;;/h2-5,13,18H,6-10,15H2,1H3;2*1H. The lowest BCUT2D eigenvalue weighted by molar-refractivity contribution is -0.134.